The molecule has 0 spiro atoms. The van der Waals surface area contributed by atoms with E-state index in [1.165, 1.54) is 0 Å². The Morgan fingerprint density at radius 1 is 1.19 bits per heavy atom. The van der Waals surface area contributed by atoms with Crippen LogP contribution in [0.3, 0.4) is 0 Å². The molecule has 21 heavy (non-hydrogen) atoms. The van der Waals surface area contributed by atoms with Gasteiger partial charge in [-0.3, -0.25) is 0 Å². The topological polar surface area (TPSA) is 61.4 Å². The second-order valence-electron chi connectivity index (χ2n) is 4.75. The molecule has 1 N–H and O–H groups in total. The molecule has 2 aromatic rings. The van der Waals surface area contributed by atoms with Crippen molar-refractivity contribution in [3.8, 4) is 0 Å². The number of pyridine rings is 1. The van der Waals surface area contributed by atoms with Crippen LogP contribution < -0.4 is 10.2 Å². The van der Waals surface area contributed by atoms with Crippen LogP contribution in [0.4, 0.5) is 10.6 Å². The average Bonchev–Trinajstić information content (AvgIpc) is 3.07. The second-order valence-corrected chi connectivity index (χ2v) is 5.73. The van der Waals surface area contributed by atoms with Gasteiger partial charge >= 0.3 is 6.03 Å². The molecule has 0 bridgehead atoms. The van der Waals surface area contributed by atoms with Crippen LogP contribution >= 0.6 is 11.3 Å². The fourth-order valence-electron chi connectivity index (χ4n) is 2.28. The Morgan fingerprint density at radius 2 is 2.05 bits per heavy atom. The van der Waals surface area contributed by atoms with Gasteiger partial charge in [-0.1, -0.05) is 6.07 Å². The molecule has 110 valence electrons. The van der Waals surface area contributed by atoms with Crippen molar-refractivity contribution in [1.82, 2.24) is 20.2 Å². The minimum Gasteiger partial charge on any atom is -0.353 e. The highest BCUT2D eigenvalue weighted by Gasteiger charge is 2.21. The third kappa shape index (κ3) is 3.49. The summed E-state index contributed by atoms with van der Waals surface area (Å²) < 4.78 is 0. The van der Waals surface area contributed by atoms with E-state index < -0.39 is 0 Å². The zero-order valence-corrected chi connectivity index (χ0v) is 12.4. The molecule has 7 heteroatoms. The number of hydrogen-bond donors (Lipinski definition) is 1. The van der Waals surface area contributed by atoms with Crippen molar-refractivity contribution in [2.45, 2.75) is 6.54 Å². The van der Waals surface area contributed by atoms with Gasteiger partial charge in [-0.25, -0.2) is 14.8 Å². The van der Waals surface area contributed by atoms with Gasteiger partial charge < -0.3 is 15.1 Å². The van der Waals surface area contributed by atoms with Crippen molar-refractivity contribution >= 4 is 23.2 Å². The first-order valence-electron chi connectivity index (χ1n) is 6.90. The Hall–Kier alpha value is -2.15. The van der Waals surface area contributed by atoms with Gasteiger partial charge in [-0.05, 0) is 12.1 Å². The quantitative estimate of drug-likeness (QED) is 0.935. The van der Waals surface area contributed by atoms with Crippen LogP contribution in [0.15, 0.2) is 36.0 Å². The molecule has 1 aliphatic heterocycles. The van der Waals surface area contributed by atoms with E-state index in [-0.39, 0.29) is 6.03 Å². The molecule has 6 nitrogen and oxygen atoms in total. The minimum absolute atomic E-state index is 0.0223. The molecule has 2 aromatic heterocycles. The molecule has 0 aromatic carbocycles. The number of hydrogen-bond acceptors (Lipinski definition) is 5. The maximum Gasteiger partial charge on any atom is 0.317 e. The van der Waals surface area contributed by atoms with E-state index in [1.807, 2.05) is 28.5 Å². The molecule has 3 rings (SSSR count). The predicted octanol–water partition coefficient (Wildman–Crippen LogP) is 1.57. The lowest BCUT2D eigenvalue weighted by molar-refractivity contribution is 0.194. The number of nitrogens with one attached hydrogen (secondary N) is 1. The first-order valence-corrected chi connectivity index (χ1v) is 7.78. The Morgan fingerprint density at radius 3 is 2.71 bits per heavy atom. The molecule has 1 aliphatic rings. The summed E-state index contributed by atoms with van der Waals surface area (Å²) in [5.74, 6) is 0.973. The minimum atomic E-state index is -0.0223. The average molecular weight is 303 g/mol. The van der Waals surface area contributed by atoms with Crippen molar-refractivity contribution in [2.24, 2.45) is 0 Å². The second kappa shape index (κ2) is 6.53. The summed E-state index contributed by atoms with van der Waals surface area (Å²) in [7, 11) is 0. The Balaban J connectivity index is 1.48. The third-order valence-electron chi connectivity index (χ3n) is 3.41. The Labute approximate surface area is 127 Å². The molecule has 2 amide bonds. The molecule has 0 atom stereocenters. The van der Waals surface area contributed by atoms with Gasteiger partial charge in [0.15, 0.2) is 0 Å². The van der Waals surface area contributed by atoms with Gasteiger partial charge in [-0.15, -0.1) is 11.3 Å². The number of carbonyl (C=O) groups excluding carboxylic acids is 1. The SMILES string of the molecule is O=C(NCc1nccs1)N1CCN(c2ccccn2)CC1. The Kier molecular flexibility index (Phi) is 4.30. The monoisotopic (exact) mass is 303 g/mol. The molecular formula is C14H17N5OS. The number of amides is 2. The summed E-state index contributed by atoms with van der Waals surface area (Å²) in [6, 6.07) is 5.87. The van der Waals surface area contributed by atoms with Crippen LogP contribution in [-0.4, -0.2) is 47.1 Å². The van der Waals surface area contributed by atoms with Crippen LogP contribution in [0.1, 0.15) is 5.01 Å². The predicted molar refractivity (Wildman–Crippen MR) is 82.4 cm³/mol. The first-order chi connectivity index (χ1) is 10.3. The number of urea groups is 1. The van der Waals surface area contributed by atoms with Crippen molar-refractivity contribution < 1.29 is 4.79 Å². The van der Waals surface area contributed by atoms with Crippen LogP contribution in [0, 0.1) is 0 Å². The van der Waals surface area contributed by atoms with Crippen molar-refractivity contribution in [1.29, 1.82) is 0 Å². The zero-order chi connectivity index (χ0) is 14.5. The van der Waals surface area contributed by atoms with E-state index in [9.17, 15) is 4.79 Å². The van der Waals surface area contributed by atoms with Gasteiger partial charge in [0.1, 0.15) is 10.8 Å². The lowest BCUT2D eigenvalue weighted by Gasteiger charge is -2.35. The zero-order valence-electron chi connectivity index (χ0n) is 11.6. The molecular weight excluding hydrogens is 286 g/mol. The number of carbonyl (C=O) groups is 1. The van der Waals surface area contributed by atoms with Crippen LogP contribution in [0.2, 0.25) is 0 Å². The maximum atomic E-state index is 12.1. The Bertz CT molecular complexity index is 566. The van der Waals surface area contributed by atoms with Crippen LogP contribution in [-0.2, 0) is 6.54 Å². The summed E-state index contributed by atoms with van der Waals surface area (Å²) in [4.78, 5) is 24.6. The van der Waals surface area contributed by atoms with E-state index in [1.54, 1.807) is 23.7 Å². The number of thiazole rings is 1. The van der Waals surface area contributed by atoms with Gasteiger partial charge in [0.25, 0.3) is 0 Å². The van der Waals surface area contributed by atoms with Crippen molar-refractivity contribution in [3.63, 3.8) is 0 Å². The molecule has 0 radical (unpaired) electrons. The van der Waals surface area contributed by atoms with Gasteiger partial charge in [-0.2, -0.15) is 0 Å². The number of aromatic nitrogens is 2. The number of nitrogens with zero attached hydrogens (tertiary/aromatic N) is 4. The highest BCUT2D eigenvalue weighted by molar-refractivity contribution is 7.09. The van der Waals surface area contributed by atoms with Gasteiger partial charge in [0, 0.05) is 44.0 Å². The summed E-state index contributed by atoms with van der Waals surface area (Å²) in [5, 5.41) is 5.75. The maximum absolute atomic E-state index is 12.1. The highest BCUT2D eigenvalue weighted by Crippen LogP contribution is 2.12. The molecule has 1 fully saturated rings. The van der Waals surface area contributed by atoms with E-state index >= 15 is 0 Å². The first kappa shape index (κ1) is 13.8. The summed E-state index contributed by atoms with van der Waals surface area (Å²) in [5.41, 5.74) is 0. The summed E-state index contributed by atoms with van der Waals surface area (Å²) in [6.07, 6.45) is 3.54. The van der Waals surface area contributed by atoms with E-state index in [4.69, 9.17) is 0 Å². The third-order valence-corrected chi connectivity index (χ3v) is 4.19. The van der Waals surface area contributed by atoms with E-state index in [0.29, 0.717) is 19.6 Å². The van der Waals surface area contributed by atoms with Crippen LogP contribution in [0.25, 0.3) is 0 Å². The molecule has 0 saturated carbocycles. The smallest absolute Gasteiger partial charge is 0.317 e. The standard InChI is InChI=1S/C14H17N5OS/c20-14(17-11-13-16-5-10-21-13)19-8-6-18(7-9-19)12-3-1-2-4-15-12/h1-5,10H,6-9,11H2,(H,17,20). The fourth-order valence-corrected chi connectivity index (χ4v) is 2.84. The lowest BCUT2D eigenvalue weighted by atomic mass is 10.3. The normalized spacial score (nSPS) is 15.0. The van der Waals surface area contributed by atoms with E-state index in [0.717, 1.165) is 23.9 Å². The highest BCUT2D eigenvalue weighted by atomic mass is 32.1. The van der Waals surface area contributed by atoms with Crippen LogP contribution in [0.5, 0.6) is 0 Å². The largest absolute Gasteiger partial charge is 0.353 e. The number of piperazine rings is 1. The molecule has 0 unspecified atom stereocenters. The van der Waals surface area contributed by atoms with Crippen molar-refractivity contribution in [2.75, 3.05) is 31.1 Å². The summed E-state index contributed by atoms with van der Waals surface area (Å²) >= 11 is 1.55. The lowest BCUT2D eigenvalue weighted by Crippen LogP contribution is -2.51. The number of rotatable bonds is 3. The fraction of sp³-hybridized carbons (Fsp3) is 0.357. The molecule has 0 aliphatic carbocycles. The molecule has 3 heterocycles. The number of anilines is 1. The van der Waals surface area contributed by atoms with Gasteiger partial charge in [0.05, 0.1) is 6.54 Å². The van der Waals surface area contributed by atoms with Gasteiger partial charge in [0.2, 0.25) is 0 Å². The molecule has 1 saturated heterocycles. The van der Waals surface area contributed by atoms with Crippen molar-refractivity contribution in [3.05, 3.63) is 41.0 Å². The van der Waals surface area contributed by atoms with E-state index in [2.05, 4.69) is 20.2 Å². The summed E-state index contributed by atoms with van der Waals surface area (Å²) in [6.45, 7) is 3.53.